The first-order valence-corrected chi connectivity index (χ1v) is 5.99. The minimum absolute atomic E-state index is 0.165. The maximum Gasteiger partial charge on any atom is 0.251 e. The molecule has 1 fully saturated rings. The van der Waals surface area contributed by atoms with E-state index in [-0.39, 0.29) is 23.5 Å². The van der Waals surface area contributed by atoms with Crippen LogP contribution in [0.2, 0.25) is 0 Å². The molecule has 98 valence electrons. The summed E-state index contributed by atoms with van der Waals surface area (Å²) in [5, 5.41) is 21.3. The molecule has 2 unspecified atom stereocenters. The predicted octanol–water partition coefficient (Wildman–Crippen LogP) is 1.25. The van der Waals surface area contributed by atoms with E-state index in [0.717, 1.165) is 13.0 Å². The SMILES string of the molecule is CC1OCCC1CNC(=O)c1ccc(O)c(O)c1. The van der Waals surface area contributed by atoms with Crippen LogP contribution in [0.5, 0.6) is 11.5 Å². The topological polar surface area (TPSA) is 78.8 Å². The molecule has 0 bridgehead atoms. The number of phenolic OH excluding ortho intramolecular Hbond substituents is 2. The molecule has 1 aliphatic heterocycles. The Labute approximate surface area is 105 Å². The number of phenols is 2. The van der Waals surface area contributed by atoms with Gasteiger partial charge in [0.05, 0.1) is 6.10 Å². The van der Waals surface area contributed by atoms with Gasteiger partial charge in [0.25, 0.3) is 5.91 Å². The van der Waals surface area contributed by atoms with Crippen molar-refractivity contribution in [3.63, 3.8) is 0 Å². The molecular formula is C13H17NO4. The third-order valence-electron chi connectivity index (χ3n) is 3.30. The van der Waals surface area contributed by atoms with E-state index < -0.39 is 0 Å². The van der Waals surface area contributed by atoms with E-state index in [1.807, 2.05) is 6.92 Å². The van der Waals surface area contributed by atoms with Gasteiger partial charge in [-0.05, 0) is 31.5 Å². The van der Waals surface area contributed by atoms with Crippen LogP contribution in [0.3, 0.4) is 0 Å². The smallest absolute Gasteiger partial charge is 0.251 e. The van der Waals surface area contributed by atoms with Crippen LogP contribution in [0.4, 0.5) is 0 Å². The third kappa shape index (κ3) is 2.73. The summed E-state index contributed by atoms with van der Waals surface area (Å²) in [6.07, 6.45) is 1.11. The molecule has 2 atom stereocenters. The molecule has 0 spiro atoms. The molecule has 1 aromatic carbocycles. The van der Waals surface area contributed by atoms with Crippen molar-refractivity contribution >= 4 is 5.91 Å². The van der Waals surface area contributed by atoms with Crippen LogP contribution in [0.15, 0.2) is 18.2 Å². The lowest BCUT2D eigenvalue weighted by atomic mass is 10.0. The van der Waals surface area contributed by atoms with Gasteiger partial charge in [0.1, 0.15) is 0 Å². The molecule has 1 aromatic rings. The summed E-state index contributed by atoms with van der Waals surface area (Å²) in [6, 6.07) is 4.02. The molecule has 1 amide bonds. The van der Waals surface area contributed by atoms with E-state index in [2.05, 4.69) is 5.32 Å². The first-order valence-electron chi connectivity index (χ1n) is 5.99. The predicted molar refractivity (Wildman–Crippen MR) is 65.6 cm³/mol. The Morgan fingerprint density at radius 3 is 2.83 bits per heavy atom. The van der Waals surface area contributed by atoms with Crippen molar-refractivity contribution in [3.8, 4) is 11.5 Å². The number of hydrogen-bond donors (Lipinski definition) is 3. The van der Waals surface area contributed by atoms with Gasteiger partial charge >= 0.3 is 0 Å². The maximum atomic E-state index is 11.8. The van der Waals surface area contributed by atoms with Gasteiger partial charge in [0.15, 0.2) is 11.5 Å². The minimum atomic E-state index is -0.291. The number of amides is 1. The first kappa shape index (κ1) is 12.7. The summed E-state index contributed by atoms with van der Waals surface area (Å²) in [5.41, 5.74) is 0.330. The molecule has 0 saturated carbocycles. The molecule has 1 aliphatic rings. The fraction of sp³-hybridized carbons (Fsp3) is 0.462. The second-order valence-corrected chi connectivity index (χ2v) is 4.54. The molecule has 0 aromatic heterocycles. The number of carbonyl (C=O) groups excluding carboxylic acids is 1. The van der Waals surface area contributed by atoms with E-state index in [1.54, 1.807) is 0 Å². The summed E-state index contributed by atoms with van der Waals surface area (Å²) < 4.78 is 5.41. The Morgan fingerprint density at radius 2 is 2.22 bits per heavy atom. The Hall–Kier alpha value is -1.75. The second-order valence-electron chi connectivity index (χ2n) is 4.54. The highest BCUT2D eigenvalue weighted by Gasteiger charge is 2.24. The summed E-state index contributed by atoms with van der Waals surface area (Å²) in [6.45, 7) is 3.29. The quantitative estimate of drug-likeness (QED) is 0.706. The van der Waals surface area contributed by atoms with Gasteiger partial charge in [0, 0.05) is 24.6 Å². The molecule has 3 N–H and O–H groups in total. The number of hydrogen-bond acceptors (Lipinski definition) is 4. The van der Waals surface area contributed by atoms with Gasteiger partial charge in [-0.3, -0.25) is 4.79 Å². The van der Waals surface area contributed by atoms with Crippen molar-refractivity contribution in [3.05, 3.63) is 23.8 Å². The van der Waals surface area contributed by atoms with E-state index in [1.165, 1.54) is 18.2 Å². The zero-order valence-electron chi connectivity index (χ0n) is 10.2. The van der Waals surface area contributed by atoms with Crippen LogP contribution < -0.4 is 5.32 Å². The average Bonchev–Trinajstić information content (AvgIpc) is 2.75. The number of nitrogens with one attached hydrogen (secondary N) is 1. The van der Waals surface area contributed by atoms with Crippen molar-refractivity contribution in [1.82, 2.24) is 5.32 Å². The van der Waals surface area contributed by atoms with E-state index >= 15 is 0 Å². The number of aromatic hydroxyl groups is 2. The Morgan fingerprint density at radius 1 is 1.44 bits per heavy atom. The molecule has 18 heavy (non-hydrogen) atoms. The van der Waals surface area contributed by atoms with Crippen LogP contribution >= 0.6 is 0 Å². The zero-order valence-corrected chi connectivity index (χ0v) is 10.2. The van der Waals surface area contributed by atoms with Gasteiger partial charge in [-0.2, -0.15) is 0 Å². The lowest BCUT2D eigenvalue weighted by molar-refractivity contribution is 0.0907. The molecule has 0 radical (unpaired) electrons. The van der Waals surface area contributed by atoms with Crippen LogP contribution in [0.1, 0.15) is 23.7 Å². The molecule has 1 saturated heterocycles. The highest BCUT2D eigenvalue weighted by molar-refractivity contribution is 5.94. The summed E-state index contributed by atoms with van der Waals surface area (Å²) in [4.78, 5) is 11.8. The lowest BCUT2D eigenvalue weighted by Crippen LogP contribution is -2.31. The maximum absolute atomic E-state index is 11.8. The lowest BCUT2D eigenvalue weighted by Gasteiger charge is -2.14. The van der Waals surface area contributed by atoms with Gasteiger partial charge in [-0.25, -0.2) is 0 Å². The van der Waals surface area contributed by atoms with Crippen LogP contribution in [-0.2, 0) is 4.74 Å². The molecule has 1 heterocycles. The monoisotopic (exact) mass is 251 g/mol. The number of rotatable bonds is 3. The highest BCUT2D eigenvalue weighted by atomic mass is 16.5. The Balaban J connectivity index is 1.93. The average molecular weight is 251 g/mol. The molecular weight excluding hydrogens is 234 g/mol. The normalized spacial score (nSPS) is 22.9. The fourth-order valence-electron chi connectivity index (χ4n) is 2.03. The largest absolute Gasteiger partial charge is 0.504 e. The fourth-order valence-corrected chi connectivity index (χ4v) is 2.03. The van der Waals surface area contributed by atoms with Gasteiger partial charge in [-0.15, -0.1) is 0 Å². The van der Waals surface area contributed by atoms with E-state index in [9.17, 15) is 9.90 Å². The van der Waals surface area contributed by atoms with Crippen molar-refractivity contribution in [2.45, 2.75) is 19.4 Å². The number of benzene rings is 1. The van der Waals surface area contributed by atoms with Crippen molar-refractivity contribution in [2.75, 3.05) is 13.2 Å². The van der Waals surface area contributed by atoms with Crippen LogP contribution in [0, 0.1) is 5.92 Å². The summed E-state index contributed by atoms with van der Waals surface area (Å²) >= 11 is 0. The van der Waals surface area contributed by atoms with Gasteiger partial charge in [-0.1, -0.05) is 0 Å². The number of ether oxygens (including phenoxy) is 1. The minimum Gasteiger partial charge on any atom is -0.504 e. The molecule has 5 nitrogen and oxygen atoms in total. The Bertz CT molecular complexity index is 447. The van der Waals surface area contributed by atoms with Crippen molar-refractivity contribution < 1.29 is 19.7 Å². The van der Waals surface area contributed by atoms with E-state index in [4.69, 9.17) is 9.84 Å². The van der Waals surface area contributed by atoms with Gasteiger partial charge < -0.3 is 20.3 Å². The Kier molecular flexibility index (Phi) is 3.72. The first-order chi connectivity index (χ1) is 8.58. The molecule has 2 rings (SSSR count). The number of carbonyl (C=O) groups is 1. The summed E-state index contributed by atoms with van der Waals surface area (Å²) in [7, 11) is 0. The van der Waals surface area contributed by atoms with Crippen molar-refractivity contribution in [2.24, 2.45) is 5.92 Å². The van der Waals surface area contributed by atoms with Crippen LogP contribution in [0.25, 0.3) is 0 Å². The van der Waals surface area contributed by atoms with Gasteiger partial charge in [0.2, 0.25) is 0 Å². The second kappa shape index (κ2) is 5.27. The summed E-state index contributed by atoms with van der Waals surface area (Å²) in [5.74, 6) is -0.450. The zero-order chi connectivity index (χ0) is 13.1. The highest BCUT2D eigenvalue weighted by Crippen LogP contribution is 2.25. The molecule has 5 heteroatoms. The van der Waals surface area contributed by atoms with Crippen molar-refractivity contribution in [1.29, 1.82) is 0 Å². The third-order valence-corrected chi connectivity index (χ3v) is 3.30. The molecule has 0 aliphatic carbocycles. The standard InChI is InChI=1S/C13H17NO4/c1-8-10(4-5-18-8)7-14-13(17)9-2-3-11(15)12(16)6-9/h2-3,6,8,10,15-16H,4-5,7H2,1H3,(H,14,17). The van der Waals surface area contributed by atoms with E-state index in [0.29, 0.717) is 18.0 Å². The van der Waals surface area contributed by atoms with Crippen LogP contribution in [-0.4, -0.2) is 35.4 Å².